The summed E-state index contributed by atoms with van der Waals surface area (Å²) in [6.45, 7) is 0. The van der Waals surface area contributed by atoms with Gasteiger partial charge in [-0.15, -0.1) is 0 Å². The summed E-state index contributed by atoms with van der Waals surface area (Å²) in [5.74, 6) is -0.664. The zero-order valence-electron chi connectivity index (χ0n) is 15.0. The molecule has 0 unspecified atom stereocenters. The Hall–Kier alpha value is -3.45. The highest BCUT2D eigenvalue weighted by Gasteiger charge is 2.05. The fourth-order valence-corrected chi connectivity index (χ4v) is 3.04. The van der Waals surface area contributed by atoms with Gasteiger partial charge in [0.1, 0.15) is 10.1 Å². The first-order valence-corrected chi connectivity index (χ1v) is 9.18. The third kappa shape index (κ3) is 5.52. The Balaban J connectivity index is 1.60. The zero-order valence-corrected chi connectivity index (χ0v) is 15.8. The molecule has 28 heavy (non-hydrogen) atoms. The molecule has 3 rings (SSSR count). The Morgan fingerprint density at radius 1 is 1.00 bits per heavy atom. The molecule has 0 bridgehead atoms. The highest BCUT2D eigenvalue weighted by molar-refractivity contribution is 7.99. The lowest BCUT2D eigenvalue weighted by atomic mass is 10.1. The third-order valence-electron chi connectivity index (χ3n) is 3.61. The van der Waals surface area contributed by atoms with Gasteiger partial charge in [0.15, 0.2) is 0 Å². The number of amides is 1. The van der Waals surface area contributed by atoms with Crippen LogP contribution in [0.3, 0.4) is 0 Å². The van der Waals surface area contributed by atoms with Crippen molar-refractivity contribution >= 4 is 35.4 Å². The quantitative estimate of drug-likeness (QED) is 0.504. The molecule has 1 N–H and O–H groups in total. The Labute approximate surface area is 166 Å². The third-order valence-corrected chi connectivity index (χ3v) is 4.49. The molecule has 0 fully saturated rings. The molecule has 0 spiro atoms. The number of ether oxygens (including phenoxy) is 1. The summed E-state index contributed by atoms with van der Waals surface area (Å²) >= 11 is 1.42. The van der Waals surface area contributed by atoms with Gasteiger partial charge >= 0.3 is 5.97 Å². The lowest BCUT2D eigenvalue weighted by molar-refractivity contribution is -0.111. The molecule has 1 aromatic carbocycles. The number of nitrogens with zero attached hydrogens (tertiary/aromatic N) is 2. The van der Waals surface area contributed by atoms with E-state index in [1.807, 2.05) is 18.2 Å². The molecule has 7 heteroatoms. The monoisotopic (exact) mass is 391 g/mol. The number of hydrogen-bond acceptors (Lipinski definition) is 6. The van der Waals surface area contributed by atoms with E-state index >= 15 is 0 Å². The number of carbonyl (C=O) groups excluding carboxylic acids is 2. The Kier molecular flexibility index (Phi) is 6.54. The first kappa shape index (κ1) is 19.3. The van der Waals surface area contributed by atoms with Gasteiger partial charge in [0.05, 0.1) is 12.7 Å². The standard InChI is InChI=1S/C21H17N3O3S/c1-27-21(26)16-8-5-15(6-9-16)7-10-18(25)24-17-11-13-23-20(14-17)28-19-4-2-3-12-22-19/h2-14H,1H3,(H,23,24,25)/b10-7+. The van der Waals surface area contributed by atoms with Crippen molar-refractivity contribution in [3.8, 4) is 0 Å². The molecule has 140 valence electrons. The summed E-state index contributed by atoms with van der Waals surface area (Å²) in [6, 6.07) is 15.9. The number of carbonyl (C=O) groups is 2. The number of esters is 1. The molecular formula is C21H17N3O3S. The maximum Gasteiger partial charge on any atom is 0.337 e. The predicted octanol–water partition coefficient (Wildman–Crippen LogP) is 4.07. The van der Waals surface area contributed by atoms with Crippen molar-refractivity contribution in [3.05, 3.63) is 84.2 Å². The highest BCUT2D eigenvalue weighted by Crippen LogP contribution is 2.25. The molecule has 0 atom stereocenters. The first-order valence-electron chi connectivity index (χ1n) is 8.36. The molecule has 2 aromatic heterocycles. The molecule has 2 heterocycles. The molecule has 3 aromatic rings. The number of aromatic nitrogens is 2. The Morgan fingerprint density at radius 2 is 1.79 bits per heavy atom. The number of pyridine rings is 2. The van der Waals surface area contributed by atoms with Gasteiger partial charge in [-0.3, -0.25) is 4.79 Å². The van der Waals surface area contributed by atoms with Crippen LogP contribution < -0.4 is 5.32 Å². The van der Waals surface area contributed by atoms with E-state index in [0.717, 1.165) is 15.6 Å². The zero-order chi connectivity index (χ0) is 19.8. The van der Waals surface area contributed by atoms with Gasteiger partial charge in [-0.2, -0.15) is 0 Å². The van der Waals surface area contributed by atoms with Crippen LogP contribution in [0.1, 0.15) is 15.9 Å². The summed E-state index contributed by atoms with van der Waals surface area (Å²) < 4.78 is 4.66. The largest absolute Gasteiger partial charge is 0.465 e. The van der Waals surface area contributed by atoms with Crippen LogP contribution >= 0.6 is 11.8 Å². The van der Waals surface area contributed by atoms with Gasteiger partial charge in [0, 0.05) is 24.2 Å². The molecule has 0 saturated heterocycles. The average Bonchev–Trinajstić information content (AvgIpc) is 2.73. The number of anilines is 1. The number of nitrogens with one attached hydrogen (secondary N) is 1. The van der Waals surface area contributed by atoms with Crippen molar-refractivity contribution in [2.45, 2.75) is 10.1 Å². The molecule has 0 radical (unpaired) electrons. The fourth-order valence-electron chi connectivity index (χ4n) is 2.26. The van der Waals surface area contributed by atoms with Crippen molar-refractivity contribution in [1.82, 2.24) is 9.97 Å². The molecule has 0 saturated carbocycles. The lowest BCUT2D eigenvalue weighted by Gasteiger charge is -2.04. The number of methoxy groups -OCH3 is 1. The second-order valence-electron chi connectivity index (χ2n) is 5.59. The second kappa shape index (κ2) is 9.48. The van der Waals surface area contributed by atoms with Gasteiger partial charge in [0.2, 0.25) is 5.91 Å². The summed E-state index contributed by atoms with van der Waals surface area (Å²) in [5, 5.41) is 4.37. The minimum Gasteiger partial charge on any atom is -0.465 e. The predicted molar refractivity (Wildman–Crippen MR) is 108 cm³/mol. The van der Waals surface area contributed by atoms with Gasteiger partial charge in [-0.1, -0.05) is 30.0 Å². The molecule has 0 aliphatic rings. The molecular weight excluding hydrogens is 374 g/mol. The van der Waals surface area contributed by atoms with E-state index in [2.05, 4.69) is 20.0 Å². The minimum absolute atomic E-state index is 0.267. The summed E-state index contributed by atoms with van der Waals surface area (Å²) in [4.78, 5) is 32.1. The van der Waals surface area contributed by atoms with Crippen molar-refractivity contribution in [3.63, 3.8) is 0 Å². The maximum atomic E-state index is 12.2. The van der Waals surface area contributed by atoms with Crippen molar-refractivity contribution in [2.24, 2.45) is 0 Å². The normalized spacial score (nSPS) is 10.6. The molecule has 0 aliphatic carbocycles. The van der Waals surface area contributed by atoms with Gasteiger partial charge < -0.3 is 10.1 Å². The number of rotatable bonds is 6. The van der Waals surface area contributed by atoms with Crippen LogP contribution in [0.15, 0.2) is 83.1 Å². The maximum absolute atomic E-state index is 12.2. The van der Waals surface area contributed by atoms with Crippen molar-refractivity contribution in [1.29, 1.82) is 0 Å². The van der Waals surface area contributed by atoms with Crippen LogP contribution in [0.5, 0.6) is 0 Å². The molecule has 6 nitrogen and oxygen atoms in total. The van der Waals surface area contributed by atoms with Crippen LogP contribution in [-0.4, -0.2) is 29.0 Å². The Bertz CT molecular complexity index is 989. The van der Waals surface area contributed by atoms with E-state index in [9.17, 15) is 9.59 Å². The fraction of sp³-hybridized carbons (Fsp3) is 0.0476. The van der Waals surface area contributed by atoms with E-state index in [1.165, 1.54) is 24.9 Å². The lowest BCUT2D eigenvalue weighted by Crippen LogP contribution is -2.07. The summed E-state index contributed by atoms with van der Waals surface area (Å²) in [7, 11) is 1.33. The molecule has 1 amide bonds. The van der Waals surface area contributed by atoms with Crippen LogP contribution in [0, 0.1) is 0 Å². The minimum atomic E-state index is -0.398. The smallest absolute Gasteiger partial charge is 0.337 e. The van der Waals surface area contributed by atoms with Crippen LogP contribution in [0.2, 0.25) is 0 Å². The van der Waals surface area contributed by atoms with Crippen LogP contribution in [0.4, 0.5) is 5.69 Å². The van der Waals surface area contributed by atoms with E-state index < -0.39 is 5.97 Å². The second-order valence-corrected chi connectivity index (χ2v) is 6.63. The summed E-state index contributed by atoms with van der Waals surface area (Å²) in [5.41, 5.74) is 1.90. The Morgan fingerprint density at radius 3 is 2.50 bits per heavy atom. The van der Waals surface area contributed by atoms with Crippen molar-refractivity contribution in [2.75, 3.05) is 12.4 Å². The van der Waals surface area contributed by atoms with Gasteiger partial charge in [-0.25, -0.2) is 14.8 Å². The first-order chi connectivity index (χ1) is 13.6. The SMILES string of the molecule is COC(=O)c1ccc(/C=C/C(=O)Nc2ccnc(Sc3ccccn3)c2)cc1. The van der Waals surface area contributed by atoms with Crippen molar-refractivity contribution < 1.29 is 14.3 Å². The number of hydrogen-bond donors (Lipinski definition) is 1. The highest BCUT2D eigenvalue weighted by atomic mass is 32.2. The van der Waals surface area contributed by atoms with Gasteiger partial charge in [-0.05, 0) is 48.0 Å². The van der Waals surface area contributed by atoms with E-state index in [-0.39, 0.29) is 5.91 Å². The van der Waals surface area contributed by atoms with Crippen LogP contribution in [-0.2, 0) is 9.53 Å². The number of benzene rings is 1. The topological polar surface area (TPSA) is 81.2 Å². The van der Waals surface area contributed by atoms with E-state index in [1.54, 1.807) is 54.9 Å². The average molecular weight is 391 g/mol. The van der Waals surface area contributed by atoms with E-state index in [0.29, 0.717) is 11.3 Å². The van der Waals surface area contributed by atoms with Crippen LogP contribution in [0.25, 0.3) is 6.08 Å². The van der Waals surface area contributed by atoms with Gasteiger partial charge in [0.25, 0.3) is 0 Å². The molecule has 0 aliphatic heterocycles. The van der Waals surface area contributed by atoms with E-state index in [4.69, 9.17) is 0 Å². The summed E-state index contributed by atoms with van der Waals surface area (Å²) in [6.07, 6.45) is 6.45.